The maximum Gasteiger partial charge on any atom is 0.185 e. The third-order valence-electron chi connectivity index (χ3n) is 5.02. The molecule has 2 aromatic carbocycles. The van der Waals surface area contributed by atoms with Crippen molar-refractivity contribution in [2.24, 2.45) is 0 Å². The predicted octanol–water partition coefficient (Wildman–Crippen LogP) is 3.49. The summed E-state index contributed by atoms with van der Waals surface area (Å²) < 4.78 is 31.9. The molecule has 0 aromatic heterocycles. The molecular weight excluding hydrogens is 354 g/mol. The molecule has 2 saturated heterocycles. The Morgan fingerprint density at radius 2 is 1.56 bits per heavy atom. The second-order valence-electron chi connectivity index (χ2n) is 6.53. The van der Waals surface area contributed by atoms with Gasteiger partial charge in [0.25, 0.3) is 0 Å². The average Bonchev–Trinajstić information content (AvgIpc) is 3.49. The van der Waals surface area contributed by atoms with E-state index in [1.807, 2.05) is 30.3 Å². The molecule has 2 aliphatic heterocycles. The molecule has 0 amide bonds. The van der Waals surface area contributed by atoms with E-state index in [0.29, 0.717) is 23.5 Å². The van der Waals surface area contributed by atoms with Crippen LogP contribution in [0.3, 0.4) is 0 Å². The van der Waals surface area contributed by atoms with E-state index in [4.69, 9.17) is 4.74 Å². The van der Waals surface area contributed by atoms with Crippen LogP contribution in [0.1, 0.15) is 12.8 Å². The van der Waals surface area contributed by atoms with Gasteiger partial charge in [-0.05, 0) is 62.3 Å². The lowest BCUT2D eigenvalue weighted by Crippen LogP contribution is -2.51. The lowest BCUT2D eigenvalue weighted by atomic mass is 9.94. The van der Waals surface area contributed by atoms with Gasteiger partial charge in [-0.2, -0.15) is 11.8 Å². The molecule has 0 spiro atoms. The van der Waals surface area contributed by atoms with E-state index in [9.17, 15) is 8.42 Å². The standard InChI is InChI=1S/C19H21NO3S2/c21-25(22,19(18-14-24-18)10-12-20-13-11-19)17-8-6-16(7-9-17)23-15-4-2-1-3-5-15/h1-9,18,20H,10-14H2. The van der Waals surface area contributed by atoms with Crippen molar-refractivity contribution in [1.29, 1.82) is 0 Å². The Morgan fingerprint density at radius 1 is 0.960 bits per heavy atom. The molecule has 2 heterocycles. The first-order valence-electron chi connectivity index (χ1n) is 8.52. The summed E-state index contributed by atoms with van der Waals surface area (Å²) in [5, 5.41) is 3.52. The molecule has 0 aliphatic carbocycles. The van der Waals surface area contributed by atoms with E-state index in [2.05, 4.69) is 5.32 Å². The number of thioether (sulfide) groups is 1. The highest BCUT2D eigenvalue weighted by atomic mass is 32.2. The minimum Gasteiger partial charge on any atom is -0.457 e. The van der Waals surface area contributed by atoms with Gasteiger partial charge in [0, 0.05) is 11.0 Å². The van der Waals surface area contributed by atoms with Crippen LogP contribution in [0.2, 0.25) is 0 Å². The summed E-state index contributed by atoms with van der Waals surface area (Å²) in [6.07, 6.45) is 1.38. The van der Waals surface area contributed by atoms with E-state index in [0.717, 1.165) is 24.6 Å². The highest BCUT2D eigenvalue weighted by Gasteiger charge is 2.55. The number of hydrogen-bond donors (Lipinski definition) is 1. The third kappa shape index (κ3) is 3.18. The summed E-state index contributed by atoms with van der Waals surface area (Å²) in [7, 11) is -3.37. The van der Waals surface area contributed by atoms with Crippen LogP contribution in [-0.2, 0) is 9.84 Å². The maximum atomic E-state index is 13.4. The first kappa shape index (κ1) is 16.9. The van der Waals surface area contributed by atoms with Crippen LogP contribution in [-0.4, -0.2) is 37.3 Å². The molecule has 25 heavy (non-hydrogen) atoms. The van der Waals surface area contributed by atoms with Gasteiger partial charge < -0.3 is 10.1 Å². The number of piperidine rings is 1. The molecule has 0 bridgehead atoms. The number of benzene rings is 2. The fourth-order valence-electron chi connectivity index (χ4n) is 3.51. The Bertz CT molecular complexity index is 825. The van der Waals surface area contributed by atoms with Crippen molar-refractivity contribution < 1.29 is 13.2 Å². The monoisotopic (exact) mass is 375 g/mol. The zero-order valence-corrected chi connectivity index (χ0v) is 15.5. The number of sulfone groups is 1. The zero-order valence-electron chi connectivity index (χ0n) is 13.9. The summed E-state index contributed by atoms with van der Waals surface area (Å²) in [6, 6.07) is 16.3. The summed E-state index contributed by atoms with van der Waals surface area (Å²) in [5.74, 6) is 2.33. The number of ether oxygens (including phenoxy) is 1. The Kier molecular flexibility index (Phi) is 4.52. The normalized spacial score (nSPS) is 22.3. The Hall–Kier alpha value is -1.50. The van der Waals surface area contributed by atoms with Crippen molar-refractivity contribution in [2.45, 2.75) is 27.7 Å². The lowest BCUT2D eigenvalue weighted by molar-refractivity contribution is 0.395. The second kappa shape index (κ2) is 6.67. The summed E-state index contributed by atoms with van der Waals surface area (Å²) in [4.78, 5) is 0.405. The summed E-state index contributed by atoms with van der Waals surface area (Å²) >= 11 is 1.77. The van der Waals surface area contributed by atoms with Gasteiger partial charge in [0.15, 0.2) is 9.84 Å². The topological polar surface area (TPSA) is 55.4 Å². The van der Waals surface area contributed by atoms with Crippen LogP contribution in [0.15, 0.2) is 59.5 Å². The van der Waals surface area contributed by atoms with Gasteiger partial charge in [-0.3, -0.25) is 0 Å². The van der Waals surface area contributed by atoms with E-state index in [1.54, 1.807) is 36.0 Å². The van der Waals surface area contributed by atoms with Crippen molar-refractivity contribution in [3.63, 3.8) is 0 Å². The largest absolute Gasteiger partial charge is 0.457 e. The number of hydrogen-bond acceptors (Lipinski definition) is 5. The van der Waals surface area contributed by atoms with Crippen LogP contribution >= 0.6 is 11.8 Å². The van der Waals surface area contributed by atoms with Crippen LogP contribution in [0.4, 0.5) is 0 Å². The average molecular weight is 376 g/mol. The van der Waals surface area contributed by atoms with Crippen molar-refractivity contribution >= 4 is 21.6 Å². The van der Waals surface area contributed by atoms with Crippen LogP contribution < -0.4 is 10.1 Å². The fourth-order valence-corrected chi connectivity index (χ4v) is 7.29. The maximum absolute atomic E-state index is 13.4. The first-order chi connectivity index (χ1) is 12.1. The zero-order chi connectivity index (χ0) is 17.3. The molecule has 1 atom stereocenters. The second-order valence-corrected chi connectivity index (χ2v) is 10.1. The molecule has 1 unspecified atom stereocenters. The van der Waals surface area contributed by atoms with Crippen molar-refractivity contribution in [2.75, 3.05) is 18.8 Å². The molecule has 0 radical (unpaired) electrons. The highest BCUT2D eigenvalue weighted by molar-refractivity contribution is 8.08. The molecule has 2 aliphatic rings. The third-order valence-corrected chi connectivity index (χ3v) is 8.94. The first-order valence-corrected chi connectivity index (χ1v) is 11.0. The Morgan fingerprint density at radius 3 is 2.16 bits per heavy atom. The molecule has 4 nitrogen and oxygen atoms in total. The number of nitrogens with one attached hydrogen (secondary N) is 1. The van der Waals surface area contributed by atoms with Crippen molar-refractivity contribution in [3.8, 4) is 11.5 Å². The Labute approximate surface area is 152 Å². The van der Waals surface area contributed by atoms with E-state index >= 15 is 0 Å². The van der Waals surface area contributed by atoms with Gasteiger partial charge in [-0.1, -0.05) is 18.2 Å². The minimum atomic E-state index is -3.37. The van der Waals surface area contributed by atoms with Gasteiger partial charge in [-0.15, -0.1) is 0 Å². The lowest BCUT2D eigenvalue weighted by Gasteiger charge is -2.36. The molecular formula is C19H21NO3S2. The van der Waals surface area contributed by atoms with Gasteiger partial charge >= 0.3 is 0 Å². The van der Waals surface area contributed by atoms with Gasteiger partial charge in [-0.25, -0.2) is 8.42 Å². The van der Waals surface area contributed by atoms with Crippen LogP contribution in [0, 0.1) is 0 Å². The molecule has 6 heteroatoms. The van der Waals surface area contributed by atoms with Gasteiger partial charge in [0.1, 0.15) is 11.5 Å². The summed E-state index contributed by atoms with van der Waals surface area (Å²) in [6.45, 7) is 1.54. The molecule has 2 aromatic rings. The van der Waals surface area contributed by atoms with E-state index in [1.165, 1.54) is 0 Å². The van der Waals surface area contributed by atoms with Crippen LogP contribution in [0.25, 0.3) is 0 Å². The predicted molar refractivity (Wildman–Crippen MR) is 101 cm³/mol. The van der Waals surface area contributed by atoms with Crippen LogP contribution in [0.5, 0.6) is 11.5 Å². The fraction of sp³-hybridized carbons (Fsp3) is 0.368. The molecule has 132 valence electrons. The Balaban J connectivity index is 1.60. The molecule has 0 saturated carbocycles. The molecule has 2 fully saturated rings. The van der Waals surface area contributed by atoms with Gasteiger partial charge in [0.05, 0.1) is 9.64 Å². The smallest absolute Gasteiger partial charge is 0.185 e. The van der Waals surface area contributed by atoms with Gasteiger partial charge in [0.2, 0.25) is 0 Å². The number of rotatable bonds is 5. The quantitative estimate of drug-likeness (QED) is 0.811. The minimum absolute atomic E-state index is 0.236. The van der Waals surface area contributed by atoms with Crippen molar-refractivity contribution in [3.05, 3.63) is 54.6 Å². The highest BCUT2D eigenvalue weighted by Crippen LogP contribution is 2.50. The molecule has 1 N–H and O–H groups in total. The molecule has 4 rings (SSSR count). The van der Waals surface area contributed by atoms with E-state index in [-0.39, 0.29) is 5.25 Å². The SMILES string of the molecule is O=S(=O)(c1ccc(Oc2ccccc2)cc1)C1(C2CS2)CCNCC1. The van der Waals surface area contributed by atoms with E-state index < -0.39 is 14.6 Å². The number of para-hydroxylation sites is 1. The van der Waals surface area contributed by atoms with Crippen molar-refractivity contribution in [1.82, 2.24) is 5.32 Å². The summed E-state index contributed by atoms with van der Waals surface area (Å²) in [5.41, 5.74) is 0.